The number of carbonyl (C=O) groups excluding carboxylic acids is 1. The van der Waals surface area contributed by atoms with Crippen LogP contribution in [0.25, 0.3) is 0 Å². The molecule has 6 heteroatoms. The lowest BCUT2D eigenvalue weighted by molar-refractivity contribution is -0.137. The standard InChI is InChI=1S/C11H10F3NO2/c1-6-10(16)15(2)8-5-7(11(12,13)14)3-4-9(8)17-6/h3-6H,1-2H3. The SMILES string of the molecule is CC1Oc2ccc(C(F)(F)F)cc2N(C)C1=O. The fourth-order valence-electron chi connectivity index (χ4n) is 1.69. The smallest absolute Gasteiger partial charge is 0.416 e. The van der Waals surface area contributed by atoms with Gasteiger partial charge in [0.2, 0.25) is 0 Å². The zero-order valence-electron chi connectivity index (χ0n) is 9.21. The first-order valence-electron chi connectivity index (χ1n) is 4.96. The maximum atomic E-state index is 12.5. The molecule has 1 unspecified atom stereocenters. The van der Waals surface area contributed by atoms with Crippen LogP contribution in [0.3, 0.4) is 0 Å². The molecule has 0 fully saturated rings. The van der Waals surface area contributed by atoms with E-state index in [1.54, 1.807) is 6.92 Å². The zero-order chi connectivity index (χ0) is 12.8. The fraction of sp³-hybridized carbons (Fsp3) is 0.364. The number of alkyl halides is 3. The van der Waals surface area contributed by atoms with Crippen LogP contribution in [-0.2, 0) is 11.0 Å². The van der Waals surface area contributed by atoms with E-state index < -0.39 is 17.8 Å². The number of likely N-dealkylation sites (N-methyl/N-ethyl adjacent to an activating group) is 1. The third-order valence-electron chi connectivity index (χ3n) is 2.63. The lowest BCUT2D eigenvalue weighted by atomic mass is 10.1. The molecule has 1 amide bonds. The number of nitrogens with zero attached hydrogens (tertiary/aromatic N) is 1. The molecule has 0 bridgehead atoms. The van der Waals surface area contributed by atoms with Crippen LogP contribution >= 0.6 is 0 Å². The van der Waals surface area contributed by atoms with Crippen LogP contribution in [0, 0.1) is 0 Å². The minimum atomic E-state index is -4.43. The van der Waals surface area contributed by atoms with Crippen molar-refractivity contribution in [1.29, 1.82) is 0 Å². The van der Waals surface area contributed by atoms with Crippen molar-refractivity contribution in [2.45, 2.75) is 19.2 Å². The zero-order valence-corrected chi connectivity index (χ0v) is 9.21. The van der Waals surface area contributed by atoms with Crippen molar-refractivity contribution < 1.29 is 22.7 Å². The van der Waals surface area contributed by atoms with Crippen LogP contribution in [0.15, 0.2) is 18.2 Å². The molecule has 0 saturated carbocycles. The monoisotopic (exact) mass is 245 g/mol. The summed E-state index contributed by atoms with van der Waals surface area (Å²) < 4.78 is 42.8. The molecule has 1 aliphatic heterocycles. The van der Waals surface area contributed by atoms with Crippen molar-refractivity contribution in [2.75, 3.05) is 11.9 Å². The molecule has 1 aromatic rings. The fourth-order valence-corrected chi connectivity index (χ4v) is 1.69. The van der Waals surface area contributed by atoms with Crippen LogP contribution in [0.4, 0.5) is 18.9 Å². The Labute approximate surface area is 95.8 Å². The van der Waals surface area contributed by atoms with E-state index in [4.69, 9.17) is 4.74 Å². The molecular weight excluding hydrogens is 235 g/mol. The van der Waals surface area contributed by atoms with Crippen molar-refractivity contribution in [3.05, 3.63) is 23.8 Å². The van der Waals surface area contributed by atoms with Gasteiger partial charge in [0.15, 0.2) is 6.10 Å². The van der Waals surface area contributed by atoms with Gasteiger partial charge in [-0.05, 0) is 25.1 Å². The third-order valence-corrected chi connectivity index (χ3v) is 2.63. The van der Waals surface area contributed by atoms with Gasteiger partial charge in [-0.1, -0.05) is 0 Å². The van der Waals surface area contributed by atoms with Crippen LogP contribution in [0.1, 0.15) is 12.5 Å². The molecule has 0 spiro atoms. The van der Waals surface area contributed by atoms with Crippen molar-refractivity contribution in [1.82, 2.24) is 0 Å². The number of amides is 1. The number of anilines is 1. The second-order valence-electron chi connectivity index (χ2n) is 3.84. The van der Waals surface area contributed by atoms with Gasteiger partial charge in [0, 0.05) is 7.05 Å². The lowest BCUT2D eigenvalue weighted by Gasteiger charge is -2.30. The summed E-state index contributed by atoms with van der Waals surface area (Å²) in [6, 6.07) is 3.09. The number of hydrogen-bond donors (Lipinski definition) is 0. The normalized spacial score (nSPS) is 19.9. The average molecular weight is 245 g/mol. The third kappa shape index (κ3) is 1.94. The molecule has 0 N–H and O–H groups in total. The van der Waals surface area contributed by atoms with Gasteiger partial charge in [-0.15, -0.1) is 0 Å². The minimum absolute atomic E-state index is 0.142. The van der Waals surface area contributed by atoms with Gasteiger partial charge in [0.1, 0.15) is 5.75 Å². The van der Waals surface area contributed by atoms with E-state index in [0.29, 0.717) is 0 Å². The summed E-state index contributed by atoms with van der Waals surface area (Å²) in [7, 11) is 1.43. The summed E-state index contributed by atoms with van der Waals surface area (Å²) in [4.78, 5) is 12.7. The predicted octanol–water partition coefficient (Wildman–Crippen LogP) is 2.45. The minimum Gasteiger partial charge on any atom is -0.479 e. The van der Waals surface area contributed by atoms with Crippen molar-refractivity contribution in [2.24, 2.45) is 0 Å². The van der Waals surface area contributed by atoms with Gasteiger partial charge in [0.05, 0.1) is 11.3 Å². The van der Waals surface area contributed by atoms with Crippen LogP contribution in [-0.4, -0.2) is 19.1 Å². The Hall–Kier alpha value is -1.72. The Balaban J connectivity index is 2.49. The molecule has 1 atom stereocenters. The van der Waals surface area contributed by atoms with E-state index >= 15 is 0 Å². The van der Waals surface area contributed by atoms with Crippen molar-refractivity contribution in [3.63, 3.8) is 0 Å². The molecule has 17 heavy (non-hydrogen) atoms. The number of fused-ring (bicyclic) bond motifs is 1. The highest BCUT2D eigenvalue weighted by Gasteiger charge is 2.34. The van der Waals surface area contributed by atoms with Gasteiger partial charge in [-0.3, -0.25) is 4.79 Å². The number of carbonyl (C=O) groups is 1. The van der Waals surface area contributed by atoms with E-state index in [0.717, 1.165) is 12.1 Å². The van der Waals surface area contributed by atoms with Gasteiger partial charge in [-0.25, -0.2) is 0 Å². The number of ether oxygens (including phenoxy) is 1. The lowest BCUT2D eigenvalue weighted by Crippen LogP contribution is -2.42. The van der Waals surface area contributed by atoms with E-state index in [9.17, 15) is 18.0 Å². The maximum Gasteiger partial charge on any atom is 0.416 e. The first-order chi connectivity index (χ1) is 7.80. The molecule has 0 aliphatic carbocycles. The first kappa shape index (κ1) is 11.8. The summed E-state index contributed by atoms with van der Waals surface area (Å²) in [6.07, 6.45) is -5.11. The Morgan fingerprint density at radius 1 is 1.35 bits per heavy atom. The molecule has 0 aromatic heterocycles. The molecule has 0 saturated heterocycles. The first-order valence-corrected chi connectivity index (χ1v) is 4.96. The summed E-state index contributed by atoms with van der Waals surface area (Å²) in [5.74, 6) is -0.0792. The van der Waals surface area contributed by atoms with E-state index in [-0.39, 0.29) is 17.3 Å². The van der Waals surface area contributed by atoms with Gasteiger partial charge in [0.25, 0.3) is 5.91 Å². The second kappa shape index (κ2) is 3.65. The van der Waals surface area contributed by atoms with Crippen LogP contribution in [0.2, 0.25) is 0 Å². The van der Waals surface area contributed by atoms with Gasteiger partial charge < -0.3 is 9.64 Å². The molecule has 1 heterocycles. The average Bonchev–Trinajstić information content (AvgIpc) is 2.24. The van der Waals surface area contributed by atoms with Crippen molar-refractivity contribution >= 4 is 11.6 Å². The molecule has 0 radical (unpaired) electrons. The highest BCUT2D eigenvalue weighted by atomic mass is 19.4. The van der Waals surface area contributed by atoms with Gasteiger partial charge in [-0.2, -0.15) is 13.2 Å². The highest BCUT2D eigenvalue weighted by molar-refractivity contribution is 5.99. The number of hydrogen-bond acceptors (Lipinski definition) is 2. The molecule has 3 nitrogen and oxygen atoms in total. The Bertz CT molecular complexity index is 470. The highest BCUT2D eigenvalue weighted by Crippen LogP contribution is 2.38. The molecule has 2 rings (SSSR count). The molecule has 1 aliphatic rings. The van der Waals surface area contributed by atoms with Gasteiger partial charge >= 0.3 is 6.18 Å². The number of benzene rings is 1. The largest absolute Gasteiger partial charge is 0.479 e. The maximum absolute atomic E-state index is 12.5. The van der Waals surface area contributed by atoms with Crippen LogP contribution < -0.4 is 9.64 Å². The van der Waals surface area contributed by atoms with E-state index in [1.165, 1.54) is 18.0 Å². The van der Waals surface area contributed by atoms with Crippen LogP contribution in [0.5, 0.6) is 5.75 Å². The predicted molar refractivity (Wildman–Crippen MR) is 54.9 cm³/mol. The summed E-state index contributed by atoms with van der Waals surface area (Å²) >= 11 is 0. The summed E-state index contributed by atoms with van der Waals surface area (Å²) in [5.41, 5.74) is -0.656. The quantitative estimate of drug-likeness (QED) is 0.702. The number of rotatable bonds is 0. The Morgan fingerprint density at radius 2 is 2.00 bits per heavy atom. The van der Waals surface area contributed by atoms with E-state index in [1.807, 2.05) is 0 Å². The van der Waals surface area contributed by atoms with E-state index in [2.05, 4.69) is 0 Å². The summed E-state index contributed by atoms with van der Waals surface area (Å²) in [5, 5.41) is 0. The summed E-state index contributed by atoms with van der Waals surface area (Å²) in [6.45, 7) is 1.56. The number of halogens is 3. The molecule has 1 aromatic carbocycles. The molecule has 92 valence electrons. The second-order valence-corrected chi connectivity index (χ2v) is 3.84. The molecular formula is C11H10F3NO2. The van der Waals surface area contributed by atoms with Crippen molar-refractivity contribution in [3.8, 4) is 5.75 Å². The topological polar surface area (TPSA) is 29.5 Å². The Morgan fingerprint density at radius 3 is 2.59 bits per heavy atom. The Kier molecular flexibility index (Phi) is 2.52.